The Morgan fingerprint density at radius 3 is 2.57 bits per heavy atom. The number of aryl methyl sites for hydroxylation is 1. The molecule has 1 aliphatic rings. The number of halogens is 3. The lowest BCUT2D eigenvalue weighted by atomic mass is 10.0. The molecule has 0 radical (unpaired) electrons. The van der Waals surface area contributed by atoms with E-state index >= 15 is 0 Å². The van der Waals surface area contributed by atoms with Gasteiger partial charge in [-0.2, -0.15) is 13.2 Å². The highest BCUT2D eigenvalue weighted by molar-refractivity contribution is 5.94. The maximum Gasteiger partial charge on any atom is 0.416 e. The summed E-state index contributed by atoms with van der Waals surface area (Å²) in [6.45, 7) is 2.52. The first-order valence-corrected chi connectivity index (χ1v) is 9.06. The zero-order valence-electron chi connectivity index (χ0n) is 15.4. The van der Waals surface area contributed by atoms with E-state index in [2.05, 4.69) is 5.32 Å². The van der Waals surface area contributed by atoms with Crippen LogP contribution in [0.2, 0.25) is 0 Å². The Morgan fingerprint density at radius 2 is 1.93 bits per heavy atom. The molecule has 4 nitrogen and oxygen atoms in total. The van der Waals surface area contributed by atoms with Crippen LogP contribution in [0.15, 0.2) is 48.5 Å². The fourth-order valence-corrected chi connectivity index (χ4v) is 3.31. The molecule has 0 spiro atoms. The third-order valence-electron chi connectivity index (χ3n) is 4.78. The quantitative estimate of drug-likeness (QED) is 0.835. The molecule has 0 aliphatic carbocycles. The smallest absolute Gasteiger partial charge is 0.343 e. The molecule has 1 heterocycles. The summed E-state index contributed by atoms with van der Waals surface area (Å²) >= 11 is 0. The van der Waals surface area contributed by atoms with Crippen LogP contribution in [-0.2, 0) is 11.0 Å². The number of carbonyl (C=O) groups is 2. The predicted molar refractivity (Wildman–Crippen MR) is 98.6 cm³/mol. The van der Waals surface area contributed by atoms with Crippen molar-refractivity contribution < 1.29 is 22.8 Å². The van der Waals surface area contributed by atoms with Crippen LogP contribution in [0, 0.1) is 6.92 Å². The van der Waals surface area contributed by atoms with Gasteiger partial charge in [0.05, 0.1) is 11.6 Å². The van der Waals surface area contributed by atoms with Crippen molar-refractivity contribution in [2.75, 3.05) is 13.1 Å². The summed E-state index contributed by atoms with van der Waals surface area (Å²) in [5, 5.41) is 2.80. The normalized spacial score (nSPS) is 15.6. The van der Waals surface area contributed by atoms with Gasteiger partial charge in [-0.15, -0.1) is 0 Å². The molecule has 1 N–H and O–H groups in total. The first-order chi connectivity index (χ1) is 13.2. The highest BCUT2D eigenvalue weighted by Gasteiger charge is 2.32. The molecule has 1 saturated heterocycles. The maximum atomic E-state index is 13.1. The third-order valence-corrected chi connectivity index (χ3v) is 4.78. The van der Waals surface area contributed by atoms with Crippen LogP contribution >= 0.6 is 0 Å². The van der Waals surface area contributed by atoms with E-state index in [1.807, 2.05) is 13.0 Å². The van der Waals surface area contributed by atoms with Gasteiger partial charge in [0.25, 0.3) is 5.91 Å². The molecule has 3 rings (SSSR count). The molecular weight excluding hydrogens is 369 g/mol. The molecular formula is C21H21F3N2O2. The van der Waals surface area contributed by atoms with Gasteiger partial charge in [0, 0.05) is 25.1 Å². The molecule has 2 aromatic rings. The van der Waals surface area contributed by atoms with Crippen LogP contribution < -0.4 is 5.32 Å². The van der Waals surface area contributed by atoms with Crippen molar-refractivity contribution in [1.29, 1.82) is 0 Å². The number of rotatable bonds is 5. The second-order valence-corrected chi connectivity index (χ2v) is 6.96. The molecule has 2 amide bonds. The van der Waals surface area contributed by atoms with Crippen molar-refractivity contribution in [1.82, 2.24) is 10.2 Å². The van der Waals surface area contributed by atoms with Crippen molar-refractivity contribution >= 4 is 11.8 Å². The summed E-state index contributed by atoms with van der Waals surface area (Å²) in [6.07, 6.45) is -3.36. The number of hydrogen-bond acceptors (Lipinski definition) is 2. The predicted octanol–water partition coefficient (Wildman–Crippen LogP) is 4.11. The second kappa shape index (κ2) is 8.04. The van der Waals surface area contributed by atoms with Gasteiger partial charge in [0.1, 0.15) is 0 Å². The zero-order valence-corrected chi connectivity index (χ0v) is 15.4. The third kappa shape index (κ3) is 4.71. The Bertz CT molecular complexity index is 880. The van der Waals surface area contributed by atoms with Crippen molar-refractivity contribution in [2.45, 2.75) is 32.0 Å². The number of alkyl halides is 3. The molecule has 0 saturated carbocycles. The largest absolute Gasteiger partial charge is 0.416 e. The lowest BCUT2D eigenvalue weighted by Gasteiger charge is -2.26. The number of hydrogen-bond donors (Lipinski definition) is 1. The molecule has 2 aromatic carbocycles. The Hall–Kier alpha value is -2.83. The summed E-state index contributed by atoms with van der Waals surface area (Å²) < 4.78 is 39.4. The minimum absolute atomic E-state index is 0.0539. The topological polar surface area (TPSA) is 49.4 Å². The molecule has 1 atom stereocenters. The average Bonchev–Trinajstić information content (AvgIpc) is 3.05. The Kier molecular flexibility index (Phi) is 5.72. The number of nitrogens with one attached hydrogen (secondary N) is 1. The van der Waals surface area contributed by atoms with E-state index in [-0.39, 0.29) is 12.5 Å². The molecule has 1 fully saturated rings. The summed E-state index contributed by atoms with van der Waals surface area (Å²) in [5.41, 5.74) is 0.853. The van der Waals surface area contributed by atoms with E-state index in [4.69, 9.17) is 0 Å². The lowest BCUT2D eigenvalue weighted by Crippen LogP contribution is -2.38. The van der Waals surface area contributed by atoms with Crippen molar-refractivity contribution in [3.8, 4) is 0 Å². The Balaban J connectivity index is 1.89. The van der Waals surface area contributed by atoms with E-state index in [0.717, 1.165) is 17.7 Å². The summed E-state index contributed by atoms with van der Waals surface area (Å²) in [6, 6.07) is 11.1. The molecule has 148 valence electrons. The minimum Gasteiger partial charge on any atom is -0.343 e. The second-order valence-electron chi connectivity index (χ2n) is 6.96. The van der Waals surface area contributed by atoms with Crippen molar-refractivity contribution in [3.05, 3.63) is 70.8 Å². The zero-order chi connectivity index (χ0) is 20.3. The molecule has 1 aliphatic heterocycles. The van der Waals surface area contributed by atoms with Gasteiger partial charge in [-0.05, 0) is 43.2 Å². The molecule has 1 unspecified atom stereocenters. The van der Waals surface area contributed by atoms with Crippen molar-refractivity contribution in [2.24, 2.45) is 0 Å². The SMILES string of the molecule is Cc1cccc(C(=O)NC(CN2CCCC2=O)c2cccc(C(F)(F)F)c2)c1. The number of nitrogens with zero attached hydrogens (tertiary/aromatic N) is 1. The van der Waals surface area contributed by atoms with Gasteiger partial charge >= 0.3 is 6.18 Å². The number of carbonyl (C=O) groups excluding carboxylic acids is 2. The molecule has 28 heavy (non-hydrogen) atoms. The molecule has 7 heteroatoms. The standard InChI is InChI=1S/C21H21F3N2O2/c1-14-5-2-7-16(11-14)20(28)25-18(13-26-10-4-9-19(26)27)15-6-3-8-17(12-15)21(22,23)24/h2-3,5-8,11-12,18H,4,9-10,13H2,1H3,(H,25,28). The van der Waals surface area contributed by atoms with E-state index in [1.165, 1.54) is 12.1 Å². The monoisotopic (exact) mass is 390 g/mol. The van der Waals surface area contributed by atoms with E-state index in [9.17, 15) is 22.8 Å². The highest BCUT2D eigenvalue weighted by Crippen LogP contribution is 2.31. The fourth-order valence-electron chi connectivity index (χ4n) is 3.31. The summed E-state index contributed by atoms with van der Waals surface area (Å²) in [5.74, 6) is -0.445. The van der Waals surface area contributed by atoms with Crippen LogP contribution in [0.5, 0.6) is 0 Å². The lowest BCUT2D eigenvalue weighted by molar-refractivity contribution is -0.137. The van der Waals surface area contributed by atoms with Gasteiger partial charge in [-0.25, -0.2) is 0 Å². The Labute approximate surface area is 161 Å². The number of likely N-dealkylation sites (tertiary alicyclic amines) is 1. The van der Waals surface area contributed by atoms with Crippen LogP contribution in [0.1, 0.15) is 45.9 Å². The van der Waals surface area contributed by atoms with Crippen LogP contribution in [-0.4, -0.2) is 29.8 Å². The minimum atomic E-state index is -4.48. The van der Waals surface area contributed by atoms with E-state index < -0.39 is 23.7 Å². The number of amides is 2. The van der Waals surface area contributed by atoms with Crippen LogP contribution in [0.25, 0.3) is 0 Å². The van der Waals surface area contributed by atoms with Gasteiger partial charge in [-0.1, -0.05) is 29.8 Å². The average molecular weight is 390 g/mol. The maximum absolute atomic E-state index is 13.1. The molecule has 0 bridgehead atoms. The van der Waals surface area contributed by atoms with Crippen LogP contribution in [0.3, 0.4) is 0 Å². The fraction of sp³-hybridized carbons (Fsp3) is 0.333. The highest BCUT2D eigenvalue weighted by atomic mass is 19.4. The summed E-state index contributed by atoms with van der Waals surface area (Å²) in [7, 11) is 0. The van der Waals surface area contributed by atoms with Crippen LogP contribution in [0.4, 0.5) is 13.2 Å². The van der Waals surface area contributed by atoms with Gasteiger partial charge in [-0.3, -0.25) is 9.59 Å². The first kappa shape index (κ1) is 19.9. The van der Waals surface area contributed by atoms with Gasteiger partial charge < -0.3 is 10.2 Å². The van der Waals surface area contributed by atoms with E-state index in [0.29, 0.717) is 30.5 Å². The number of benzene rings is 2. The van der Waals surface area contributed by atoms with Crippen molar-refractivity contribution in [3.63, 3.8) is 0 Å². The summed E-state index contributed by atoms with van der Waals surface area (Å²) in [4.78, 5) is 26.3. The molecule has 0 aromatic heterocycles. The Morgan fingerprint density at radius 1 is 1.18 bits per heavy atom. The first-order valence-electron chi connectivity index (χ1n) is 9.06. The van der Waals surface area contributed by atoms with Gasteiger partial charge in [0.15, 0.2) is 0 Å². The van der Waals surface area contributed by atoms with Gasteiger partial charge in [0.2, 0.25) is 5.91 Å². The van der Waals surface area contributed by atoms with E-state index in [1.54, 1.807) is 23.1 Å².